The number of aryl methyl sites for hydroxylation is 1. The van der Waals surface area contributed by atoms with Crippen molar-refractivity contribution in [3.63, 3.8) is 0 Å². The molecule has 1 fully saturated rings. The van der Waals surface area contributed by atoms with Gasteiger partial charge in [-0.15, -0.1) is 5.10 Å². The number of nitrogens with zero attached hydrogens (tertiary/aromatic N) is 2. The molecule has 1 aromatic rings. The monoisotopic (exact) mass is 269 g/mol. The summed E-state index contributed by atoms with van der Waals surface area (Å²) in [4.78, 5) is 1.31. The lowest BCUT2D eigenvalue weighted by molar-refractivity contribution is 0.0606. The van der Waals surface area contributed by atoms with Crippen LogP contribution < -0.4 is 5.32 Å². The first-order valence-electron chi connectivity index (χ1n) is 6.91. The molecular formula is C13H23N3OS. The third kappa shape index (κ3) is 3.73. The number of rotatable bonds is 6. The molecule has 18 heavy (non-hydrogen) atoms. The van der Waals surface area contributed by atoms with Gasteiger partial charge in [0, 0.05) is 19.3 Å². The van der Waals surface area contributed by atoms with Gasteiger partial charge in [0.15, 0.2) is 0 Å². The van der Waals surface area contributed by atoms with Crippen LogP contribution in [0.15, 0.2) is 0 Å². The Kier molecular flexibility index (Phi) is 5.53. The number of aromatic nitrogens is 2. The Labute approximate surface area is 113 Å². The molecule has 0 radical (unpaired) electrons. The average Bonchev–Trinajstić information content (AvgIpc) is 2.82. The van der Waals surface area contributed by atoms with E-state index in [1.54, 1.807) is 11.5 Å². The molecule has 102 valence electrons. The maximum atomic E-state index is 5.43. The molecule has 1 aromatic heterocycles. The van der Waals surface area contributed by atoms with Crippen LogP contribution in [0.1, 0.15) is 49.2 Å². The van der Waals surface area contributed by atoms with Gasteiger partial charge in [-0.3, -0.25) is 0 Å². The standard InChI is InChI=1S/C13H23N3OS/c1-3-6-14-12(13-10(2)15-16-18-13)9-11-4-7-17-8-5-11/h11-12,14H,3-9H2,1-2H3. The van der Waals surface area contributed by atoms with Crippen molar-refractivity contribution in [1.82, 2.24) is 14.9 Å². The first-order valence-corrected chi connectivity index (χ1v) is 7.68. The molecule has 1 aliphatic rings. The number of ether oxygens (including phenoxy) is 1. The second kappa shape index (κ2) is 7.16. The van der Waals surface area contributed by atoms with Crippen molar-refractivity contribution >= 4 is 11.5 Å². The minimum absolute atomic E-state index is 0.424. The highest BCUT2D eigenvalue weighted by molar-refractivity contribution is 7.05. The van der Waals surface area contributed by atoms with Crippen molar-refractivity contribution in [3.05, 3.63) is 10.6 Å². The molecule has 1 aliphatic heterocycles. The zero-order chi connectivity index (χ0) is 12.8. The lowest BCUT2D eigenvalue weighted by Crippen LogP contribution is -2.26. The van der Waals surface area contributed by atoms with Gasteiger partial charge in [-0.1, -0.05) is 11.4 Å². The predicted molar refractivity (Wildman–Crippen MR) is 73.8 cm³/mol. The Bertz CT molecular complexity index is 350. The second-order valence-electron chi connectivity index (χ2n) is 5.02. The Morgan fingerprint density at radius 1 is 1.44 bits per heavy atom. The summed E-state index contributed by atoms with van der Waals surface area (Å²) in [5, 5.41) is 7.79. The second-order valence-corrected chi connectivity index (χ2v) is 5.81. The van der Waals surface area contributed by atoms with E-state index in [0.717, 1.165) is 37.8 Å². The van der Waals surface area contributed by atoms with Crippen LogP contribution in [0.3, 0.4) is 0 Å². The van der Waals surface area contributed by atoms with Gasteiger partial charge in [-0.25, -0.2) is 0 Å². The van der Waals surface area contributed by atoms with E-state index in [0.29, 0.717) is 6.04 Å². The summed E-state index contributed by atoms with van der Waals surface area (Å²) >= 11 is 1.54. The van der Waals surface area contributed by atoms with Gasteiger partial charge >= 0.3 is 0 Å². The molecule has 0 aliphatic carbocycles. The molecule has 0 saturated carbocycles. The highest BCUT2D eigenvalue weighted by atomic mass is 32.1. The minimum Gasteiger partial charge on any atom is -0.381 e. The van der Waals surface area contributed by atoms with Crippen LogP contribution in [0.2, 0.25) is 0 Å². The summed E-state index contributed by atoms with van der Waals surface area (Å²) in [6.07, 6.45) is 4.73. The van der Waals surface area contributed by atoms with E-state index >= 15 is 0 Å². The Morgan fingerprint density at radius 3 is 2.83 bits per heavy atom. The average molecular weight is 269 g/mol. The summed E-state index contributed by atoms with van der Waals surface area (Å²) in [6.45, 7) is 7.17. The lowest BCUT2D eigenvalue weighted by Gasteiger charge is -2.26. The zero-order valence-corrected chi connectivity index (χ0v) is 12.1. The third-order valence-electron chi connectivity index (χ3n) is 3.55. The molecule has 0 aromatic carbocycles. The summed E-state index contributed by atoms with van der Waals surface area (Å²) in [5.41, 5.74) is 1.08. The molecule has 0 spiro atoms. The Morgan fingerprint density at radius 2 is 2.22 bits per heavy atom. The smallest absolute Gasteiger partial charge is 0.0772 e. The van der Waals surface area contributed by atoms with Crippen molar-refractivity contribution in [1.29, 1.82) is 0 Å². The molecule has 1 atom stereocenters. The van der Waals surface area contributed by atoms with E-state index < -0.39 is 0 Å². The molecule has 1 saturated heterocycles. The van der Waals surface area contributed by atoms with Crippen molar-refractivity contribution in [2.75, 3.05) is 19.8 Å². The van der Waals surface area contributed by atoms with Gasteiger partial charge < -0.3 is 10.1 Å². The van der Waals surface area contributed by atoms with Crippen LogP contribution in [0.5, 0.6) is 0 Å². The van der Waals surface area contributed by atoms with Crippen LogP contribution in [0.4, 0.5) is 0 Å². The van der Waals surface area contributed by atoms with E-state index in [2.05, 4.69) is 28.8 Å². The quantitative estimate of drug-likeness (QED) is 0.862. The molecular weight excluding hydrogens is 246 g/mol. The normalized spacial score (nSPS) is 19.0. The van der Waals surface area contributed by atoms with E-state index in [1.807, 2.05) is 0 Å². The number of hydrogen-bond donors (Lipinski definition) is 1. The molecule has 2 heterocycles. The Balaban J connectivity index is 1.98. The van der Waals surface area contributed by atoms with Crippen LogP contribution in [0.25, 0.3) is 0 Å². The van der Waals surface area contributed by atoms with E-state index in [-0.39, 0.29) is 0 Å². The highest BCUT2D eigenvalue weighted by Crippen LogP contribution is 2.30. The van der Waals surface area contributed by atoms with Gasteiger partial charge in [-0.05, 0) is 56.6 Å². The van der Waals surface area contributed by atoms with Crippen molar-refractivity contribution in [3.8, 4) is 0 Å². The van der Waals surface area contributed by atoms with E-state index in [9.17, 15) is 0 Å². The van der Waals surface area contributed by atoms with Gasteiger partial charge in [0.2, 0.25) is 0 Å². The van der Waals surface area contributed by atoms with Crippen LogP contribution >= 0.6 is 11.5 Å². The van der Waals surface area contributed by atoms with E-state index in [1.165, 1.54) is 24.1 Å². The minimum atomic E-state index is 0.424. The molecule has 1 N–H and O–H groups in total. The zero-order valence-electron chi connectivity index (χ0n) is 11.3. The summed E-state index contributed by atoms with van der Waals surface area (Å²) in [6, 6.07) is 0.424. The Hall–Kier alpha value is -0.520. The SMILES string of the molecule is CCCNC(CC1CCOCC1)c1snnc1C. The van der Waals surface area contributed by atoms with Crippen LogP contribution in [-0.4, -0.2) is 29.3 Å². The fourth-order valence-corrected chi connectivity index (χ4v) is 3.20. The van der Waals surface area contributed by atoms with Crippen molar-refractivity contribution < 1.29 is 4.74 Å². The maximum Gasteiger partial charge on any atom is 0.0772 e. The van der Waals surface area contributed by atoms with Gasteiger partial charge in [0.1, 0.15) is 0 Å². The summed E-state index contributed by atoms with van der Waals surface area (Å²) in [7, 11) is 0. The van der Waals surface area contributed by atoms with Crippen molar-refractivity contribution in [2.24, 2.45) is 5.92 Å². The van der Waals surface area contributed by atoms with Crippen molar-refractivity contribution in [2.45, 2.75) is 45.6 Å². The lowest BCUT2D eigenvalue weighted by atomic mass is 9.91. The maximum absolute atomic E-state index is 5.43. The fraction of sp³-hybridized carbons (Fsp3) is 0.846. The topological polar surface area (TPSA) is 47.0 Å². The molecule has 4 nitrogen and oxygen atoms in total. The van der Waals surface area contributed by atoms with Gasteiger partial charge in [-0.2, -0.15) is 0 Å². The van der Waals surface area contributed by atoms with Crippen LogP contribution in [-0.2, 0) is 4.74 Å². The fourth-order valence-electron chi connectivity index (χ4n) is 2.47. The summed E-state index contributed by atoms with van der Waals surface area (Å²) < 4.78 is 9.51. The van der Waals surface area contributed by atoms with Gasteiger partial charge in [0.05, 0.1) is 10.6 Å². The first-order chi connectivity index (χ1) is 8.81. The highest BCUT2D eigenvalue weighted by Gasteiger charge is 2.23. The molecule has 1 unspecified atom stereocenters. The molecule has 0 bridgehead atoms. The molecule has 0 amide bonds. The van der Waals surface area contributed by atoms with E-state index in [4.69, 9.17) is 4.74 Å². The predicted octanol–water partition coefficient (Wildman–Crippen LogP) is 2.70. The number of nitrogens with one attached hydrogen (secondary N) is 1. The largest absolute Gasteiger partial charge is 0.381 e. The molecule has 2 rings (SSSR count). The molecule has 5 heteroatoms. The third-order valence-corrected chi connectivity index (χ3v) is 4.49. The summed E-state index contributed by atoms with van der Waals surface area (Å²) in [5.74, 6) is 0.773. The van der Waals surface area contributed by atoms with Crippen LogP contribution in [0, 0.1) is 12.8 Å². The number of hydrogen-bond acceptors (Lipinski definition) is 5. The van der Waals surface area contributed by atoms with Gasteiger partial charge in [0.25, 0.3) is 0 Å². The first kappa shape index (κ1) is 13.9.